The molecule has 1 aromatic carbocycles. The summed E-state index contributed by atoms with van der Waals surface area (Å²) in [5, 5.41) is 8.76. The van der Waals surface area contributed by atoms with Crippen molar-refractivity contribution in [3.8, 4) is 17.6 Å². The SMILES string of the molecule is CCOC(=O)CC#Cc1cc(CC(=O)O)ccc1OC. The van der Waals surface area contributed by atoms with Gasteiger partial charge in [-0.05, 0) is 24.6 Å². The average molecular weight is 276 g/mol. The Hall–Kier alpha value is -2.48. The molecule has 1 N–H and O–H groups in total. The number of hydrogen-bond acceptors (Lipinski definition) is 4. The Balaban J connectivity index is 2.88. The topological polar surface area (TPSA) is 72.8 Å². The Kier molecular flexibility index (Phi) is 6.11. The van der Waals surface area contributed by atoms with Gasteiger partial charge in [0.25, 0.3) is 0 Å². The molecule has 0 atom stereocenters. The first-order valence-electron chi connectivity index (χ1n) is 6.10. The van der Waals surface area contributed by atoms with Crippen molar-refractivity contribution in [3.05, 3.63) is 29.3 Å². The zero-order valence-electron chi connectivity index (χ0n) is 11.4. The van der Waals surface area contributed by atoms with E-state index in [1.54, 1.807) is 25.1 Å². The molecule has 0 heterocycles. The first kappa shape index (κ1) is 15.6. The highest BCUT2D eigenvalue weighted by Crippen LogP contribution is 2.19. The number of aliphatic carboxylic acids is 1. The summed E-state index contributed by atoms with van der Waals surface area (Å²) < 4.78 is 9.91. The van der Waals surface area contributed by atoms with Crippen LogP contribution in [0, 0.1) is 11.8 Å². The van der Waals surface area contributed by atoms with Crippen LogP contribution in [-0.2, 0) is 20.7 Å². The molecule has 0 spiro atoms. The molecule has 1 rings (SSSR count). The molecule has 0 bridgehead atoms. The zero-order chi connectivity index (χ0) is 15.0. The van der Waals surface area contributed by atoms with Crippen LogP contribution >= 0.6 is 0 Å². The Labute approximate surface area is 117 Å². The van der Waals surface area contributed by atoms with Gasteiger partial charge in [0.1, 0.15) is 12.2 Å². The van der Waals surface area contributed by atoms with Crippen LogP contribution in [0.5, 0.6) is 5.75 Å². The number of benzene rings is 1. The van der Waals surface area contributed by atoms with Crippen LogP contribution in [0.15, 0.2) is 18.2 Å². The third-order valence-corrected chi connectivity index (χ3v) is 2.38. The van der Waals surface area contributed by atoms with Crippen LogP contribution in [-0.4, -0.2) is 30.8 Å². The van der Waals surface area contributed by atoms with Gasteiger partial charge >= 0.3 is 11.9 Å². The van der Waals surface area contributed by atoms with Crippen LogP contribution in [0.3, 0.4) is 0 Å². The number of carboxylic acid groups (broad SMARTS) is 1. The maximum absolute atomic E-state index is 11.2. The first-order chi connectivity index (χ1) is 9.56. The lowest BCUT2D eigenvalue weighted by atomic mass is 10.1. The molecule has 0 saturated carbocycles. The molecule has 5 nitrogen and oxygen atoms in total. The standard InChI is InChI=1S/C15H16O5/c1-3-20-15(18)6-4-5-12-9-11(10-14(16)17)7-8-13(12)19-2/h7-9H,3,6,10H2,1-2H3,(H,16,17). The number of rotatable bonds is 5. The second kappa shape index (κ2) is 7.85. The van der Waals surface area contributed by atoms with Gasteiger partial charge in [-0.2, -0.15) is 0 Å². The van der Waals surface area contributed by atoms with Crippen molar-refractivity contribution in [2.24, 2.45) is 0 Å². The minimum Gasteiger partial charge on any atom is -0.495 e. The van der Waals surface area contributed by atoms with E-state index in [0.29, 0.717) is 23.5 Å². The van der Waals surface area contributed by atoms with Crippen molar-refractivity contribution < 1.29 is 24.2 Å². The van der Waals surface area contributed by atoms with Crippen LogP contribution in [0.4, 0.5) is 0 Å². The lowest BCUT2D eigenvalue weighted by Crippen LogP contribution is -2.02. The van der Waals surface area contributed by atoms with Gasteiger partial charge < -0.3 is 14.6 Å². The molecule has 0 saturated heterocycles. The number of carbonyl (C=O) groups excluding carboxylic acids is 1. The average Bonchev–Trinajstić information content (AvgIpc) is 2.38. The van der Waals surface area contributed by atoms with Gasteiger partial charge in [0.05, 0.1) is 25.7 Å². The van der Waals surface area contributed by atoms with Crippen LogP contribution in [0.2, 0.25) is 0 Å². The van der Waals surface area contributed by atoms with E-state index in [0.717, 1.165) is 0 Å². The van der Waals surface area contributed by atoms with E-state index in [-0.39, 0.29) is 18.8 Å². The normalized spacial score (nSPS) is 9.30. The number of carboxylic acids is 1. The molecule has 0 aromatic heterocycles. The minimum atomic E-state index is -0.916. The fourth-order valence-electron chi connectivity index (χ4n) is 1.56. The van der Waals surface area contributed by atoms with Crippen molar-refractivity contribution in [2.45, 2.75) is 19.8 Å². The van der Waals surface area contributed by atoms with Gasteiger partial charge in [0.2, 0.25) is 0 Å². The maximum atomic E-state index is 11.2. The Bertz CT molecular complexity index is 551. The van der Waals surface area contributed by atoms with E-state index in [4.69, 9.17) is 14.6 Å². The zero-order valence-corrected chi connectivity index (χ0v) is 11.4. The molecule has 0 aliphatic heterocycles. The summed E-state index contributed by atoms with van der Waals surface area (Å²) >= 11 is 0. The van der Waals surface area contributed by atoms with E-state index >= 15 is 0 Å². The summed E-state index contributed by atoms with van der Waals surface area (Å²) in [5.74, 6) is 4.72. The largest absolute Gasteiger partial charge is 0.495 e. The molecule has 0 amide bonds. The molecule has 20 heavy (non-hydrogen) atoms. The van der Waals surface area contributed by atoms with Crippen LogP contribution in [0.25, 0.3) is 0 Å². The van der Waals surface area contributed by atoms with E-state index in [9.17, 15) is 9.59 Å². The lowest BCUT2D eigenvalue weighted by Gasteiger charge is -2.05. The van der Waals surface area contributed by atoms with Crippen molar-refractivity contribution in [1.29, 1.82) is 0 Å². The second-order valence-corrected chi connectivity index (χ2v) is 3.89. The Morgan fingerprint density at radius 2 is 2.10 bits per heavy atom. The smallest absolute Gasteiger partial charge is 0.317 e. The molecule has 1 aromatic rings. The second-order valence-electron chi connectivity index (χ2n) is 3.89. The first-order valence-corrected chi connectivity index (χ1v) is 6.10. The predicted octanol–water partition coefficient (Wildman–Crippen LogP) is 1.63. The van der Waals surface area contributed by atoms with Gasteiger partial charge in [-0.3, -0.25) is 9.59 Å². The van der Waals surface area contributed by atoms with Crippen LogP contribution in [0.1, 0.15) is 24.5 Å². The lowest BCUT2D eigenvalue weighted by molar-refractivity contribution is -0.142. The molecular formula is C15H16O5. The highest BCUT2D eigenvalue weighted by molar-refractivity contribution is 5.73. The molecule has 0 radical (unpaired) electrons. The highest BCUT2D eigenvalue weighted by atomic mass is 16.5. The third-order valence-electron chi connectivity index (χ3n) is 2.38. The minimum absolute atomic E-state index is 0.0137. The quantitative estimate of drug-likeness (QED) is 0.653. The fourth-order valence-corrected chi connectivity index (χ4v) is 1.56. The molecular weight excluding hydrogens is 260 g/mol. The number of carbonyl (C=O) groups is 2. The van der Waals surface area contributed by atoms with E-state index < -0.39 is 5.97 Å². The Morgan fingerprint density at radius 1 is 1.35 bits per heavy atom. The summed E-state index contributed by atoms with van der Waals surface area (Å²) in [6, 6.07) is 4.97. The summed E-state index contributed by atoms with van der Waals surface area (Å²) in [7, 11) is 1.50. The van der Waals surface area contributed by atoms with Gasteiger partial charge in [-0.25, -0.2) is 0 Å². The summed E-state index contributed by atoms with van der Waals surface area (Å²) in [5.41, 5.74) is 1.18. The number of methoxy groups -OCH3 is 1. The van der Waals surface area contributed by atoms with Crippen LogP contribution < -0.4 is 4.74 Å². The maximum Gasteiger partial charge on any atom is 0.317 e. The number of hydrogen-bond donors (Lipinski definition) is 1. The number of ether oxygens (including phenoxy) is 2. The van der Waals surface area contributed by atoms with Crippen molar-refractivity contribution in [2.75, 3.05) is 13.7 Å². The molecule has 5 heteroatoms. The van der Waals surface area contributed by atoms with E-state index in [2.05, 4.69) is 11.8 Å². The molecule has 106 valence electrons. The van der Waals surface area contributed by atoms with Gasteiger partial charge in [0, 0.05) is 0 Å². The molecule has 0 fully saturated rings. The van der Waals surface area contributed by atoms with Crippen molar-refractivity contribution >= 4 is 11.9 Å². The van der Waals surface area contributed by atoms with E-state index in [1.807, 2.05) is 0 Å². The van der Waals surface area contributed by atoms with Crippen molar-refractivity contribution in [3.63, 3.8) is 0 Å². The summed E-state index contributed by atoms with van der Waals surface area (Å²) in [6.45, 7) is 2.04. The molecule has 0 aliphatic carbocycles. The summed E-state index contributed by atoms with van der Waals surface area (Å²) in [4.78, 5) is 21.8. The number of esters is 1. The van der Waals surface area contributed by atoms with Gasteiger partial charge in [0.15, 0.2) is 0 Å². The van der Waals surface area contributed by atoms with Gasteiger partial charge in [-0.15, -0.1) is 0 Å². The fraction of sp³-hybridized carbons (Fsp3) is 0.333. The molecule has 0 unspecified atom stereocenters. The van der Waals surface area contributed by atoms with Crippen molar-refractivity contribution in [1.82, 2.24) is 0 Å². The molecule has 0 aliphatic rings. The monoisotopic (exact) mass is 276 g/mol. The predicted molar refractivity (Wildman–Crippen MR) is 72.5 cm³/mol. The third kappa shape index (κ3) is 5.02. The van der Waals surface area contributed by atoms with Gasteiger partial charge in [-0.1, -0.05) is 17.9 Å². The summed E-state index contributed by atoms with van der Waals surface area (Å²) in [6.07, 6.45) is -0.100. The van der Waals surface area contributed by atoms with E-state index in [1.165, 1.54) is 7.11 Å². The Morgan fingerprint density at radius 3 is 2.70 bits per heavy atom. The highest BCUT2D eigenvalue weighted by Gasteiger charge is 2.05.